The van der Waals surface area contributed by atoms with Gasteiger partial charge in [-0.25, -0.2) is 0 Å². The fraction of sp³-hybridized carbons (Fsp3) is 0.286. The first-order valence-corrected chi connectivity index (χ1v) is 7.21. The minimum absolute atomic E-state index is 0.489. The van der Waals surface area contributed by atoms with Crippen molar-refractivity contribution in [2.24, 2.45) is 0 Å². The first kappa shape index (κ1) is 7.72. The summed E-state index contributed by atoms with van der Waals surface area (Å²) in [5.74, 6) is 0. The van der Waals surface area contributed by atoms with Crippen LogP contribution < -0.4 is 0.604 Å². The number of aryl methyl sites for hydroxylation is 2. The Morgan fingerprint density at radius 3 is 2.56 bits per heavy atom. The summed E-state index contributed by atoms with van der Waals surface area (Å²) in [5, 5.41) is 0. The zero-order valence-electron chi connectivity index (χ0n) is 6.10. The van der Waals surface area contributed by atoms with Crippen molar-refractivity contribution in [1.29, 1.82) is 0 Å². The molecule has 1 rings (SSSR count). The number of aromatic nitrogens is 1. The SMILES string of the molecule is Cc1c[c]([RaH])cnc1C. The van der Waals surface area contributed by atoms with Gasteiger partial charge in [-0.1, -0.05) is 0 Å². The van der Waals surface area contributed by atoms with Crippen LogP contribution in [0, 0.1) is 56.6 Å². The van der Waals surface area contributed by atoms with Crippen LogP contribution in [0.3, 0.4) is 0 Å². The normalized spacial score (nSPS) is 9.44. The average Bonchev–Trinajstić information content (AvgIpc) is 1.80. The molecule has 1 aromatic heterocycles. The summed E-state index contributed by atoms with van der Waals surface area (Å²) < 4.78 is 1.46. The van der Waals surface area contributed by atoms with Gasteiger partial charge in [0.15, 0.2) is 0 Å². The zero-order valence-corrected chi connectivity index (χ0v) is 14.3. The van der Waals surface area contributed by atoms with Gasteiger partial charge in [0, 0.05) is 0 Å². The molecular weight excluding hydrogens is 324 g/mol. The van der Waals surface area contributed by atoms with Crippen LogP contribution in [-0.4, -0.2) is 4.98 Å². The number of hydrogen-bond donors (Lipinski definition) is 0. The van der Waals surface area contributed by atoms with Gasteiger partial charge in [0.05, 0.1) is 0 Å². The van der Waals surface area contributed by atoms with E-state index in [4.69, 9.17) is 0 Å². The molecule has 44 valence electrons. The number of pyridine rings is 1. The molecule has 0 spiro atoms. The molecule has 0 fully saturated rings. The second-order valence-corrected chi connectivity index (χ2v) is 7.16. The average molecular weight is 333 g/mol. The van der Waals surface area contributed by atoms with Crippen LogP contribution in [0.5, 0.6) is 0 Å². The van der Waals surface area contributed by atoms with Crippen molar-refractivity contribution in [3.05, 3.63) is 23.5 Å². The molecule has 0 radical (unpaired) electrons. The van der Waals surface area contributed by atoms with Crippen molar-refractivity contribution in [3.63, 3.8) is 0 Å². The molecule has 9 heavy (non-hydrogen) atoms. The minimum atomic E-state index is 0.489. The molecule has 0 aromatic carbocycles. The van der Waals surface area contributed by atoms with Crippen molar-refractivity contribution in [2.45, 2.75) is 13.8 Å². The van der Waals surface area contributed by atoms with Gasteiger partial charge >= 0.3 is 85.7 Å². The van der Waals surface area contributed by atoms with E-state index in [9.17, 15) is 0 Å². The van der Waals surface area contributed by atoms with Crippen molar-refractivity contribution in [2.75, 3.05) is 0 Å². The van der Waals surface area contributed by atoms with E-state index in [-0.39, 0.29) is 0 Å². The molecular formula is C7H9NRa. The van der Waals surface area contributed by atoms with Gasteiger partial charge in [-0.3, -0.25) is 0 Å². The van der Waals surface area contributed by atoms with E-state index in [1.54, 1.807) is 0 Å². The van der Waals surface area contributed by atoms with Crippen molar-refractivity contribution >= 4 is 0.604 Å². The third-order valence-corrected chi connectivity index (χ3v) is 3.72. The van der Waals surface area contributed by atoms with Crippen LogP contribution in [0.1, 0.15) is 11.3 Å². The van der Waals surface area contributed by atoms with Crippen LogP contribution in [0.15, 0.2) is 12.3 Å². The molecule has 2 heteroatoms. The summed E-state index contributed by atoms with van der Waals surface area (Å²) >= 11 is 0.489. The Kier molecular flexibility index (Phi) is 2.69. The van der Waals surface area contributed by atoms with Gasteiger partial charge in [0.1, 0.15) is 0 Å². The fourth-order valence-corrected chi connectivity index (χ4v) is 3.09. The first-order valence-electron chi connectivity index (χ1n) is 3.10. The standard InChI is InChI=1S/C7H8N.Ra.H/c1-6-4-3-5-8-7(6)2;;/h4-5H,1-2H3;;. The van der Waals surface area contributed by atoms with Gasteiger partial charge in [-0.2, -0.15) is 0 Å². The molecule has 0 atom stereocenters. The molecule has 0 aliphatic carbocycles. The van der Waals surface area contributed by atoms with E-state index in [2.05, 4.69) is 18.0 Å². The summed E-state index contributed by atoms with van der Waals surface area (Å²) in [6, 6.07) is 2.24. The molecule has 0 aliphatic heterocycles. The van der Waals surface area contributed by atoms with Crippen LogP contribution in [0.25, 0.3) is 0 Å². The summed E-state index contributed by atoms with van der Waals surface area (Å²) in [6.45, 7) is 4.16. The van der Waals surface area contributed by atoms with Crippen LogP contribution >= 0.6 is 0 Å². The summed E-state index contributed by atoms with van der Waals surface area (Å²) in [6.07, 6.45) is 1.99. The topological polar surface area (TPSA) is 12.9 Å². The van der Waals surface area contributed by atoms with Gasteiger partial charge in [-0.05, 0) is 0 Å². The predicted molar refractivity (Wildman–Crippen MR) is 34.7 cm³/mol. The monoisotopic (exact) mass is 333 g/mol. The third kappa shape index (κ3) is 2.04. The van der Waals surface area contributed by atoms with Gasteiger partial charge in [0.2, 0.25) is 0 Å². The second kappa shape index (κ2) is 3.14. The van der Waals surface area contributed by atoms with Gasteiger partial charge < -0.3 is 0 Å². The molecule has 1 heterocycles. The molecule has 0 unspecified atom stereocenters. The van der Waals surface area contributed by atoms with E-state index in [1.165, 1.54) is 6.17 Å². The second-order valence-electron chi connectivity index (χ2n) is 2.41. The fourth-order valence-electron chi connectivity index (χ4n) is 0.784. The molecule has 1 nitrogen and oxygen atoms in total. The molecule has 0 N–H and O–H groups in total. The van der Waals surface area contributed by atoms with E-state index in [1.807, 2.05) is 13.1 Å². The molecule has 0 bridgehead atoms. The first-order chi connectivity index (χ1) is 4.20. The van der Waals surface area contributed by atoms with E-state index in [0.717, 1.165) is 5.69 Å². The molecule has 0 aliphatic rings. The Hall–Kier alpha value is 0.618. The van der Waals surface area contributed by atoms with Gasteiger partial charge in [-0.15, -0.1) is 0 Å². The van der Waals surface area contributed by atoms with E-state index in [0.29, 0.717) is 42.8 Å². The maximum atomic E-state index is 4.24. The van der Waals surface area contributed by atoms with Crippen LogP contribution in [0.4, 0.5) is 0 Å². The summed E-state index contributed by atoms with van der Waals surface area (Å²) in [7, 11) is 0. The van der Waals surface area contributed by atoms with Crippen LogP contribution in [0.2, 0.25) is 0 Å². The Morgan fingerprint density at radius 2 is 2.11 bits per heavy atom. The molecule has 1 aromatic rings. The van der Waals surface area contributed by atoms with Crippen molar-refractivity contribution < 1.29 is 42.8 Å². The number of hydrogen-bond acceptors (Lipinski definition) is 1. The quantitative estimate of drug-likeness (QED) is 0.678. The maximum absolute atomic E-state index is 4.24. The zero-order chi connectivity index (χ0) is 6.85. The number of nitrogens with zero attached hydrogens (tertiary/aromatic N) is 1. The Labute approximate surface area is 84.6 Å². The molecule has 0 saturated carbocycles. The Balaban J connectivity index is 3.17. The Morgan fingerprint density at radius 1 is 1.44 bits per heavy atom. The van der Waals surface area contributed by atoms with Crippen LogP contribution in [-0.2, 0) is 0 Å². The molecule has 0 saturated heterocycles. The van der Waals surface area contributed by atoms with Crippen molar-refractivity contribution in [1.82, 2.24) is 4.98 Å². The van der Waals surface area contributed by atoms with Crippen molar-refractivity contribution in [3.8, 4) is 0 Å². The predicted octanol–water partition coefficient (Wildman–Crippen LogP) is 0.605. The van der Waals surface area contributed by atoms with Gasteiger partial charge in [0.25, 0.3) is 0 Å². The summed E-state index contributed by atoms with van der Waals surface area (Å²) in [4.78, 5) is 4.24. The Bertz CT molecular complexity index is 220. The third-order valence-electron chi connectivity index (χ3n) is 1.48. The molecule has 0 amide bonds. The van der Waals surface area contributed by atoms with E-state index >= 15 is 0 Å². The number of rotatable bonds is 0. The summed E-state index contributed by atoms with van der Waals surface area (Å²) in [5.41, 5.74) is 2.49. The van der Waals surface area contributed by atoms with E-state index < -0.39 is 0 Å².